The Kier molecular flexibility index (Phi) is 4.23. The Labute approximate surface area is 117 Å². The fourth-order valence-electron chi connectivity index (χ4n) is 1.46. The van der Waals surface area contributed by atoms with Crippen LogP contribution >= 0.6 is 27.7 Å². The van der Waals surface area contributed by atoms with Crippen LogP contribution in [0.1, 0.15) is 18.9 Å². The van der Waals surface area contributed by atoms with Gasteiger partial charge >= 0.3 is 5.69 Å². The molecular formula is C11H13BrN4OS. The summed E-state index contributed by atoms with van der Waals surface area (Å²) in [6, 6.07) is 1.96. The van der Waals surface area contributed by atoms with Crippen LogP contribution < -0.4 is 5.69 Å². The van der Waals surface area contributed by atoms with E-state index in [-0.39, 0.29) is 5.69 Å². The number of aromatic nitrogens is 4. The number of hydrogen-bond acceptors (Lipinski definition) is 4. The second-order valence-electron chi connectivity index (χ2n) is 3.84. The van der Waals surface area contributed by atoms with Crippen LogP contribution in [0.15, 0.2) is 31.7 Å². The first-order valence-electron chi connectivity index (χ1n) is 5.57. The lowest BCUT2D eigenvalue weighted by molar-refractivity contribution is 0.603. The van der Waals surface area contributed by atoms with Gasteiger partial charge in [-0.05, 0) is 52.7 Å². The largest absolute Gasteiger partial charge is 0.343 e. The molecule has 7 heteroatoms. The molecule has 96 valence electrons. The lowest BCUT2D eigenvalue weighted by atomic mass is 10.3. The molecule has 0 atom stereocenters. The molecule has 0 amide bonds. The Morgan fingerprint density at radius 3 is 3.00 bits per heavy atom. The minimum atomic E-state index is -0.173. The van der Waals surface area contributed by atoms with Gasteiger partial charge in [0.25, 0.3) is 0 Å². The zero-order valence-corrected chi connectivity index (χ0v) is 12.5. The van der Waals surface area contributed by atoms with Crippen molar-refractivity contribution in [2.24, 2.45) is 0 Å². The van der Waals surface area contributed by atoms with E-state index in [1.807, 2.05) is 19.9 Å². The second kappa shape index (κ2) is 5.71. The molecule has 0 unspecified atom stereocenters. The molecule has 0 bridgehead atoms. The van der Waals surface area contributed by atoms with Crippen molar-refractivity contribution < 1.29 is 0 Å². The van der Waals surface area contributed by atoms with Crippen LogP contribution in [-0.4, -0.2) is 19.7 Å². The molecule has 0 radical (unpaired) electrons. The van der Waals surface area contributed by atoms with Crippen molar-refractivity contribution in [3.05, 3.63) is 32.8 Å². The third-order valence-electron chi connectivity index (χ3n) is 2.39. The summed E-state index contributed by atoms with van der Waals surface area (Å²) in [7, 11) is 0. The number of nitrogens with one attached hydrogen (secondary N) is 1. The van der Waals surface area contributed by atoms with E-state index in [1.54, 1.807) is 10.8 Å². The smallest absolute Gasteiger partial charge is 0.270 e. The lowest BCUT2D eigenvalue weighted by Gasteiger charge is -2.04. The second-order valence-corrected chi connectivity index (χ2v) is 5.68. The number of aromatic amines is 1. The normalized spacial score (nSPS) is 10.8. The van der Waals surface area contributed by atoms with Gasteiger partial charge in [-0.3, -0.25) is 4.57 Å². The fourth-order valence-corrected chi connectivity index (χ4v) is 2.59. The van der Waals surface area contributed by atoms with Gasteiger partial charge in [-0.25, -0.2) is 14.9 Å². The van der Waals surface area contributed by atoms with Gasteiger partial charge in [0.2, 0.25) is 0 Å². The summed E-state index contributed by atoms with van der Waals surface area (Å²) in [6.45, 7) is 4.68. The monoisotopic (exact) mass is 328 g/mol. The van der Waals surface area contributed by atoms with Crippen molar-refractivity contribution in [1.29, 1.82) is 0 Å². The van der Waals surface area contributed by atoms with Gasteiger partial charge in [0.05, 0.1) is 0 Å². The highest BCUT2D eigenvalue weighted by atomic mass is 79.9. The summed E-state index contributed by atoms with van der Waals surface area (Å²) in [4.78, 5) is 15.8. The predicted octanol–water partition coefficient (Wildman–Crippen LogP) is 2.60. The third-order valence-corrected chi connectivity index (χ3v) is 4.14. The summed E-state index contributed by atoms with van der Waals surface area (Å²) >= 11 is 4.80. The van der Waals surface area contributed by atoms with Crippen LogP contribution in [0.3, 0.4) is 0 Å². The van der Waals surface area contributed by atoms with Gasteiger partial charge in [0, 0.05) is 17.2 Å². The Hall–Kier alpha value is -1.08. The molecule has 0 spiro atoms. The zero-order chi connectivity index (χ0) is 13.1. The molecule has 5 nitrogen and oxygen atoms in total. The van der Waals surface area contributed by atoms with Crippen LogP contribution in [0.25, 0.3) is 0 Å². The van der Waals surface area contributed by atoms with Gasteiger partial charge < -0.3 is 0 Å². The van der Waals surface area contributed by atoms with E-state index in [9.17, 15) is 4.79 Å². The van der Waals surface area contributed by atoms with E-state index in [1.165, 1.54) is 11.8 Å². The van der Waals surface area contributed by atoms with Crippen molar-refractivity contribution in [3.63, 3.8) is 0 Å². The summed E-state index contributed by atoms with van der Waals surface area (Å²) in [5.74, 6) is 0. The van der Waals surface area contributed by atoms with Gasteiger partial charge in [0.1, 0.15) is 5.03 Å². The molecule has 2 aromatic rings. The van der Waals surface area contributed by atoms with Crippen LogP contribution in [0, 0.1) is 6.92 Å². The lowest BCUT2D eigenvalue weighted by Crippen LogP contribution is -2.17. The molecular weight excluding hydrogens is 316 g/mol. The highest BCUT2D eigenvalue weighted by molar-refractivity contribution is 9.10. The number of pyridine rings is 1. The molecule has 1 N–H and O–H groups in total. The molecule has 0 aromatic carbocycles. The average Bonchev–Trinajstić information content (AvgIpc) is 2.67. The van der Waals surface area contributed by atoms with E-state index in [0.717, 1.165) is 21.5 Å². The number of aryl methyl sites for hydroxylation is 1. The van der Waals surface area contributed by atoms with Crippen LogP contribution in [0.2, 0.25) is 0 Å². The summed E-state index contributed by atoms with van der Waals surface area (Å²) in [5.41, 5.74) is 0.931. The highest BCUT2D eigenvalue weighted by Crippen LogP contribution is 2.26. The maximum Gasteiger partial charge on any atom is 0.343 e. The minimum absolute atomic E-state index is 0.173. The zero-order valence-electron chi connectivity index (χ0n) is 10.1. The molecule has 0 fully saturated rings. The summed E-state index contributed by atoms with van der Waals surface area (Å²) < 4.78 is 2.60. The Balaban J connectivity index is 2.28. The van der Waals surface area contributed by atoms with E-state index >= 15 is 0 Å². The topological polar surface area (TPSA) is 63.6 Å². The van der Waals surface area contributed by atoms with E-state index in [2.05, 4.69) is 31.1 Å². The predicted molar refractivity (Wildman–Crippen MR) is 73.9 cm³/mol. The molecule has 2 aromatic heterocycles. The van der Waals surface area contributed by atoms with Crippen molar-refractivity contribution in [1.82, 2.24) is 19.7 Å². The van der Waals surface area contributed by atoms with Gasteiger partial charge in [-0.1, -0.05) is 6.92 Å². The van der Waals surface area contributed by atoms with E-state index in [0.29, 0.717) is 11.7 Å². The number of halogens is 1. The Bertz CT molecular complexity index is 607. The van der Waals surface area contributed by atoms with Gasteiger partial charge in [0.15, 0.2) is 5.16 Å². The summed E-state index contributed by atoms with van der Waals surface area (Å²) in [6.07, 6.45) is 2.65. The number of hydrogen-bond donors (Lipinski definition) is 1. The molecule has 0 aliphatic carbocycles. The third kappa shape index (κ3) is 2.84. The Morgan fingerprint density at radius 2 is 2.33 bits per heavy atom. The standard InChI is InChI=1S/C11H13BrN4OS/c1-3-4-16-10(17)14-15-11(16)18-9-5-7(2)8(12)6-13-9/h5-6H,3-4H2,1-2H3,(H,14,17). The van der Waals surface area contributed by atoms with Crippen molar-refractivity contribution in [2.45, 2.75) is 37.0 Å². The summed E-state index contributed by atoms with van der Waals surface area (Å²) in [5, 5.41) is 7.96. The van der Waals surface area contributed by atoms with Crippen molar-refractivity contribution in [2.75, 3.05) is 0 Å². The van der Waals surface area contributed by atoms with E-state index in [4.69, 9.17) is 0 Å². The number of rotatable bonds is 4. The first-order valence-corrected chi connectivity index (χ1v) is 7.18. The molecule has 0 aliphatic rings. The van der Waals surface area contributed by atoms with Crippen LogP contribution in [-0.2, 0) is 6.54 Å². The van der Waals surface area contributed by atoms with Crippen molar-refractivity contribution >= 4 is 27.7 Å². The molecule has 2 heterocycles. The maximum absolute atomic E-state index is 11.5. The Morgan fingerprint density at radius 1 is 1.56 bits per heavy atom. The molecule has 0 saturated heterocycles. The SMILES string of the molecule is CCCn1c(Sc2cc(C)c(Br)cn2)n[nH]c1=O. The number of H-pyrrole nitrogens is 1. The first-order chi connectivity index (χ1) is 8.61. The fraction of sp³-hybridized carbons (Fsp3) is 0.364. The first kappa shape index (κ1) is 13.4. The average molecular weight is 329 g/mol. The van der Waals surface area contributed by atoms with Crippen LogP contribution in [0.4, 0.5) is 0 Å². The quantitative estimate of drug-likeness (QED) is 0.936. The molecule has 0 saturated carbocycles. The number of nitrogens with zero attached hydrogens (tertiary/aromatic N) is 3. The molecule has 2 rings (SSSR count). The van der Waals surface area contributed by atoms with Gasteiger partial charge in [-0.15, -0.1) is 5.10 Å². The molecule has 18 heavy (non-hydrogen) atoms. The molecule has 0 aliphatic heterocycles. The van der Waals surface area contributed by atoms with E-state index < -0.39 is 0 Å². The van der Waals surface area contributed by atoms with Crippen molar-refractivity contribution in [3.8, 4) is 0 Å². The van der Waals surface area contributed by atoms with Gasteiger partial charge in [-0.2, -0.15) is 0 Å². The van der Waals surface area contributed by atoms with Crippen LogP contribution in [0.5, 0.6) is 0 Å². The maximum atomic E-state index is 11.5. The minimum Gasteiger partial charge on any atom is -0.270 e. The highest BCUT2D eigenvalue weighted by Gasteiger charge is 2.10.